The maximum absolute atomic E-state index is 13.0. The summed E-state index contributed by atoms with van der Waals surface area (Å²) in [6.45, 7) is 4.26. The maximum atomic E-state index is 13.0. The number of unbranched alkanes of at least 4 members (excludes halogenated alkanes) is 2. The van der Waals surface area contributed by atoms with Gasteiger partial charge in [0.15, 0.2) is 0 Å². The van der Waals surface area contributed by atoms with Crippen LogP contribution in [-0.2, 0) is 0 Å². The van der Waals surface area contributed by atoms with Crippen molar-refractivity contribution in [1.29, 1.82) is 0 Å². The monoisotopic (exact) mass is 376 g/mol. The van der Waals surface area contributed by atoms with E-state index in [4.69, 9.17) is 9.72 Å². The second-order valence-corrected chi connectivity index (χ2v) is 7.17. The molecule has 0 aliphatic rings. The molecule has 1 aromatic heterocycles. The summed E-state index contributed by atoms with van der Waals surface area (Å²) in [5.41, 5.74) is 3.16. The highest BCUT2D eigenvalue weighted by Crippen LogP contribution is 2.27. The Labute approximate surface area is 166 Å². The molecule has 4 heteroatoms. The Morgan fingerprint density at radius 2 is 1.93 bits per heavy atom. The molecule has 3 rings (SSSR count). The number of ether oxygens (including phenoxy) is 1. The molecule has 2 aromatic carbocycles. The molecular formula is C24H28N2O2. The lowest BCUT2D eigenvalue weighted by Gasteiger charge is -2.15. The van der Waals surface area contributed by atoms with Crippen LogP contribution < -0.4 is 10.1 Å². The van der Waals surface area contributed by atoms with Crippen LogP contribution in [0.5, 0.6) is 5.75 Å². The molecule has 1 unspecified atom stereocenters. The molecule has 0 spiro atoms. The van der Waals surface area contributed by atoms with Crippen LogP contribution in [0.1, 0.15) is 49.9 Å². The molecule has 1 heterocycles. The number of amides is 1. The number of para-hydroxylation sites is 1. The molecule has 0 aliphatic carbocycles. The lowest BCUT2D eigenvalue weighted by Crippen LogP contribution is -2.32. The highest BCUT2D eigenvalue weighted by Gasteiger charge is 2.16. The minimum atomic E-state index is -0.0493. The lowest BCUT2D eigenvalue weighted by atomic mass is 10.0. The van der Waals surface area contributed by atoms with Crippen LogP contribution in [-0.4, -0.2) is 24.0 Å². The molecule has 28 heavy (non-hydrogen) atoms. The number of carbonyl (C=O) groups excluding carboxylic acids is 1. The summed E-state index contributed by atoms with van der Waals surface area (Å²) in [7, 11) is 1.64. The average Bonchev–Trinajstić information content (AvgIpc) is 2.73. The summed E-state index contributed by atoms with van der Waals surface area (Å²) in [6.07, 6.45) is 4.49. The first-order valence-electron chi connectivity index (χ1n) is 9.97. The SMILES string of the molecule is CCCCCC(C)NC(=O)c1cc(-c2cccc(OC)c2)nc2ccccc12. The van der Waals surface area contributed by atoms with Crippen molar-refractivity contribution >= 4 is 16.8 Å². The minimum absolute atomic E-state index is 0.0493. The fourth-order valence-corrected chi connectivity index (χ4v) is 3.37. The summed E-state index contributed by atoms with van der Waals surface area (Å²) in [4.78, 5) is 17.8. The molecule has 146 valence electrons. The van der Waals surface area contributed by atoms with Crippen molar-refractivity contribution in [2.24, 2.45) is 0 Å². The van der Waals surface area contributed by atoms with E-state index in [1.807, 2.05) is 54.6 Å². The van der Waals surface area contributed by atoms with Crippen LogP contribution in [0.4, 0.5) is 0 Å². The molecule has 0 bridgehead atoms. The topological polar surface area (TPSA) is 51.2 Å². The van der Waals surface area contributed by atoms with Crippen LogP contribution in [0.2, 0.25) is 0 Å². The van der Waals surface area contributed by atoms with Crippen molar-refractivity contribution in [3.63, 3.8) is 0 Å². The summed E-state index contributed by atoms with van der Waals surface area (Å²) >= 11 is 0. The smallest absolute Gasteiger partial charge is 0.252 e. The number of fused-ring (bicyclic) bond motifs is 1. The van der Waals surface area contributed by atoms with Crippen molar-refractivity contribution in [2.45, 2.75) is 45.6 Å². The van der Waals surface area contributed by atoms with E-state index in [1.165, 1.54) is 12.8 Å². The van der Waals surface area contributed by atoms with Gasteiger partial charge in [-0.15, -0.1) is 0 Å². The third-order valence-corrected chi connectivity index (χ3v) is 4.94. The molecular weight excluding hydrogens is 348 g/mol. The number of methoxy groups -OCH3 is 1. The fraction of sp³-hybridized carbons (Fsp3) is 0.333. The molecule has 1 amide bonds. The highest BCUT2D eigenvalue weighted by atomic mass is 16.5. The second kappa shape index (κ2) is 9.36. The normalized spacial score (nSPS) is 12.0. The highest BCUT2D eigenvalue weighted by molar-refractivity contribution is 6.07. The predicted octanol–water partition coefficient (Wildman–Crippen LogP) is 5.61. The molecule has 3 aromatic rings. The molecule has 0 saturated carbocycles. The van der Waals surface area contributed by atoms with Gasteiger partial charge in [0.1, 0.15) is 5.75 Å². The first-order chi connectivity index (χ1) is 13.6. The Hall–Kier alpha value is -2.88. The molecule has 0 radical (unpaired) electrons. The third-order valence-electron chi connectivity index (χ3n) is 4.94. The Morgan fingerprint density at radius 1 is 1.11 bits per heavy atom. The molecule has 1 N–H and O–H groups in total. The number of hydrogen-bond acceptors (Lipinski definition) is 3. The average molecular weight is 377 g/mol. The van der Waals surface area contributed by atoms with Gasteiger partial charge in [0.2, 0.25) is 0 Å². The maximum Gasteiger partial charge on any atom is 0.252 e. The van der Waals surface area contributed by atoms with E-state index in [9.17, 15) is 4.79 Å². The van der Waals surface area contributed by atoms with Gasteiger partial charge in [0, 0.05) is 17.0 Å². The number of nitrogens with zero attached hydrogens (tertiary/aromatic N) is 1. The molecule has 0 saturated heterocycles. The van der Waals surface area contributed by atoms with Crippen LogP contribution in [0.15, 0.2) is 54.6 Å². The van der Waals surface area contributed by atoms with E-state index in [2.05, 4.69) is 19.2 Å². The first-order valence-corrected chi connectivity index (χ1v) is 9.97. The molecule has 0 aliphatic heterocycles. The Kier molecular flexibility index (Phi) is 6.64. The fourth-order valence-electron chi connectivity index (χ4n) is 3.37. The van der Waals surface area contributed by atoms with Gasteiger partial charge in [-0.05, 0) is 37.6 Å². The van der Waals surface area contributed by atoms with Gasteiger partial charge in [0.25, 0.3) is 5.91 Å². The summed E-state index contributed by atoms with van der Waals surface area (Å²) in [6, 6.07) is 17.6. The third kappa shape index (κ3) is 4.69. The molecule has 0 fully saturated rings. The van der Waals surface area contributed by atoms with E-state index in [1.54, 1.807) is 7.11 Å². The van der Waals surface area contributed by atoms with Gasteiger partial charge in [-0.1, -0.05) is 56.5 Å². The van der Waals surface area contributed by atoms with Gasteiger partial charge in [0.05, 0.1) is 23.9 Å². The number of hydrogen-bond donors (Lipinski definition) is 1. The Morgan fingerprint density at radius 3 is 2.71 bits per heavy atom. The van der Waals surface area contributed by atoms with Crippen LogP contribution in [0.25, 0.3) is 22.2 Å². The predicted molar refractivity (Wildman–Crippen MR) is 115 cm³/mol. The van der Waals surface area contributed by atoms with Crippen molar-refractivity contribution in [3.05, 3.63) is 60.2 Å². The van der Waals surface area contributed by atoms with Gasteiger partial charge in [-0.25, -0.2) is 4.98 Å². The van der Waals surface area contributed by atoms with Crippen LogP contribution >= 0.6 is 0 Å². The van der Waals surface area contributed by atoms with Crippen LogP contribution in [0.3, 0.4) is 0 Å². The first kappa shape index (κ1) is 19.9. The Bertz CT molecular complexity index is 952. The number of nitrogens with one attached hydrogen (secondary N) is 1. The van der Waals surface area contributed by atoms with Crippen molar-refractivity contribution in [1.82, 2.24) is 10.3 Å². The van der Waals surface area contributed by atoms with Gasteiger partial charge >= 0.3 is 0 Å². The summed E-state index contributed by atoms with van der Waals surface area (Å²) < 4.78 is 5.33. The van der Waals surface area contributed by atoms with Crippen molar-refractivity contribution in [3.8, 4) is 17.0 Å². The number of benzene rings is 2. The van der Waals surface area contributed by atoms with Gasteiger partial charge in [-0.3, -0.25) is 4.79 Å². The zero-order chi connectivity index (χ0) is 19.9. The van der Waals surface area contributed by atoms with Crippen molar-refractivity contribution in [2.75, 3.05) is 7.11 Å². The van der Waals surface area contributed by atoms with E-state index in [-0.39, 0.29) is 11.9 Å². The second-order valence-electron chi connectivity index (χ2n) is 7.17. The van der Waals surface area contributed by atoms with Crippen molar-refractivity contribution < 1.29 is 9.53 Å². The van der Waals surface area contributed by atoms with E-state index in [0.717, 1.165) is 40.8 Å². The summed E-state index contributed by atoms with van der Waals surface area (Å²) in [5, 5.41) is 4.03. The number of rotatable bonds is 8. The number of pyridine rings is 1. The zero-order valence-corrected chi connectivity index (χ0v) is 16.9. The number of carbonyl (C=O) groups is 1. The van der Waals surface area contributed by atoms with E-state index < -0.39 is 0 Å². The largest absolute Gasteiger partial charge is 0.497 e. The molecule has 1 atom stereocenters. The quantitative estimate of drug-likeness (QED) is 0.520. The van der Waals surface area contributed by atoms with E-state index >= 15 is 0 Å². The zero-order valence-electron chi connectivity index (χ0n) is 16.9. The van der Waals surface area contributed by atoms with Gasteiger partial charge < -0.3 is 10.1 Å². The van der Waals surface area contributed by atoms with E-state index in [0.29, 0.717) is 5.56 Å². The van der Waals surface area contributed by atoms with Gasteiger partial charge in [-0.2, -0.15) is 0 Å². The number of aromatic nitrogens is 1. The molecule has 4 nitrogen and oxygen atoms in total. The lowest BCUT2D eigenvalue weighted by molar-refractivity contribution is 0.0939. The minimum Gasteiger partial charge on any atom is -0.497 e. The van der Waals surface area contributed by atoms with Crippen LogP contribution in [0, 0.1) is 0 Å². The Balaban J connectivity index is 1.95. The summed E-state index contributed by atoms with van der Waals surface area (Å²) in [5.74, 6) is 0.717. The standard InChI is InChI=1S/C24H28N2O2/c1-4-5-6-10-17(2)25-24(27)21-16-23(18-11-9-12-19(15-18)28-3)26-22-14-8-7-13-20(21)22/h7-9,11-17H,4-6,10H2,1-3H3,(H,25,27).